The lowest BCUT2D eigenvalue weighted by Crippen LogP contribution is -2.19. The Labute approximate surface area is 93.1 Å². The van der Waals surface area contributed by atoms with Crippen LogP contribution in [0.2, 0.25) is 0 Å². The number of nitriles is 1. The molecule has 0 unspecified atom stereocenters. The van der Waals surface area contributed by atoms with Gasteiger partial charge in [-0.3, -0.25) is 4.79 Å². The number of halogens is 3. The molecule has 5 nitrogen and oxygen atoms in total. The van der Waals surface area contributed by atoms with Crippen molar-refractivity contribution in [3.05, 3.63) is 23.4 Å². The van der Waals surface area contributed by atoms with Crippen molar-refractivity contribution < 1.29 is 27.8 Å². The zero-order valence-corrected chi connectivity index (χ0v) is 8.15. The van der Waals surface area contributed by atoms with Crippen LogP contribution in [0.4, 0.5) is 13.2 Å². The Morgan fingerprint density at radius 3 is 2.71 bits per heavy atom. The molecule has 0 saturated heterocycles. The maximum atomic E-state index is 11.9. The Morgan fingerprint density at radius 2 is 2.24 bits per heavy atom. The number of alkyl halides is 3. The van der Waals surface area contributed by atoms with Gasteiger partial charge >= 0.3 is 12.3 Å². The summed E-state index contributed by atoms with van der Waals surface area (Å²) >= 11 is 0. The highest BCUT2D eigenvalue weighted by Crippen LogP contribution is 2.24. The lowest BCUT2D eigenvalue weighted by molar-refractivity contribution is -0.276. The second-order valence-electron chi connectivity index (χ2n) is 2.93. The minimum atomic E-state index is -4.95. The monoisotopic (exact) mass is 246 g/mol. The van der Waals surface area contributed by atoms with E-state index in [0.717, 1.165) is 12.3 Å². The third-order valence-corrected chi connectivity index (χ3v) is 1.60. The molecule has 0 aliphatic carbocycles. The van der Waals surface area contributed by atoms with Gasteiger partial charge in [0.15, 0.2) is 0 Å². The van der Waals surface area contributed by atoms with Crippen molar-refractivity contribution >= 4 is 5.97 Å². The van der Waals surface area contributed by atoms with Crippen LogP contribution in [0.15, 0.2) is 12.3 Å². The van der Waals surface area contributed by atoms with E-state index in [1.807, 2.05) is 0 Å². The molecule has 1 aromatic heterocycles. The Kier molecular flexibility index (Phi) is 3.52. The maximum Gasteiger partial charge on any atom is 0.574 e. The van der Waals surface area contributed by atoms with Gasteiger partial charge in [-0.05, 0) is 11.6 Å². The second kappa shape index (κ2) is 4.69. The van der Waals surface area contributed by atoms with Crippen molar-refractivity contribution in [1.82, 2.24) is 4.98 Å². The predicted molar refractivity (Wildman–Crippen MR) is 47.0 cm³/mol. The summed E-state index contributed by atoms with van der Waals surface area (Å²) < 4.78 is 39.2. The quantitative estimate of drug-likeness (QED) is 0.873. The Hall–Kier alpha value is -2.30. The first kappa shape index (κ1) is 12.8. The van der Waals surface area contributed by atoms with Gasteiger partial charge in [0.25, 0.3) is 0 Å². The number of carboxylic acid groups (broad SMARTS) is 1. The number of nitrogens with zero attached hydrogens (tertiary/aromatic N) is 2. The van der Waals surface area contributed by atoms with Crippen LogP contribution >= 0.6 is 0 Å². The molecule has 0 amide bonds. The van der Waals surface area contributed by atoms with Crippen molar-refractivity contribution in [3.8, 4) is 11.9 Å². The normalized spacial score (nSPS) is 10.7. The smallest absolute Gasteiger partial charge is 0.481 e. The average Bonchev–Trinajstić information content (AvgIpc) is 2.17. The third-order valence-electron chi connectivity index (χ3n) is 1.60. The molecule has 0 aliphatic heterocycles. The van der Waals surface area contributed by atoms with Gasteiger partial charge < -0.3 is 9.84 Å². The summed E-state index contributed by atoms with van der Waals surface area (Å²) in [5.74, 6) is -2.07. The molecule has 90 valence electrons. The number of aliphatic carboxylic acids is 1. The number of aromatic nitrogens is 1. The summed E-state index contributed by atoms with van der Waals surface area (Å²) in [5, 5.41) is 17.1. The van der Waals surface area contributed by atoms with Gasteiger partial charge in [0.05, 0.1) is 6.42 Å². The highest BCUT2D eigenvalue weighted by Gasteiger charge is 2.33. The van der Waals surface area contributed by atoms with Gasteiger partial charge in [-0.25, -0.2) is 4.98 Å². The van der Waals surface area contributed by atoms with Crippen LogP contribution in [0.25, 0.3) is 0 Å². The van der Waals surface area contributed by atoms with Gasteiger partial charge in [0.1, 0.15) is 11.6 Å². The van der Waals surface area contributed by atoms with Crippen LogP contribution in [0.1, 0.15) is 11.1 Å². The Bertz CT molecular complexity index is 479. The van der Waals surface area contributed by atoms with Crippen LogP contribution in [0.3, 0.4) is 0 Å². The van der Waals surface area contributed by atoms with Crippen LogP contribution < -0.4 is 4.74 Å². The summed E-state index contributed by atoms with van der Waals surface area (Å²) in [7, 11) is 0. The fourth-order valence-electron chi connectivity index (χ4n) is 1.04. The third kappa shape index (κ3) is 3.98. The summed E-state index contributed by atoms with van der Waals surface area (Å²) in [5.41, 5.74) is -0.357. The number of carboxylic acids is 1. The van der Waals surface area contributed by atoms with Crippen molar-refractivity contribution in [2.75, 3.05) is 0 Å². The molecule has 0 spiro atoms. The summed E-state index contributed by atoms with van der Waals surface area (Å²) in [6.07, 6.45) is -4.48. The van der Waals surface area contributed by atoms with Gasteiger partial charge in [-0.15, -0.1) is 13.2 Å². The zero-order valence-electron chi connectivity index (χ0n) is 8.15. The van der Waals surface area contributed by atoms with Gasteiger partial charge in [0, 0.05) is 6.20 Å². The zero-order chi connectivity index (χ0) is 13.1. The first-order valence-electron chi connectivity index (χ1n) is 4.18. The van der Waals surface area contributed by atoms with Crippen LogP contribution in [-0.2, 0) is 11.2 Å². The number of ether oxygens (including phenoxy) is 1. The SMILES string of the molecule is N#Cc1cc(CC(=O)O)cnc1OC(F)(F)F. The van der Waals surface area contributed by atoms with Crippen molar-refractivity contribution in [1.29, 1.82) is 5.26 Å². The lowest BCUT2D eigenvalue weighted by Gasteiger charge is -2.09. The molecule has 0 atom stereocenters. The van der Waals surface area contributed by atoms with E-state index in [2.05, 4.69) is 9.72 Å². The van der Waals surface area contributed by atoms with E-state index in [9.17, 15) is 18.0 Å². The number of hydrogen-bond donors (Lipinski definition) is 1. The van der Waals surface area contributed by atoms with Crippen LogP contribution in [0.5, 0.6) is 5.88 Å². The molecule has 1 aromatic rings. The minimum Gasteiger partial charge on any atom is -0.481 e. The molecule has 1 rings (SSSR count). The molecule has 0 aliphatic rings. The Balaban J connectivity index is 3.02. The molecule has 0 aromatic carbocycles. The molecule has 0 bridgehead atoms. The number of pyridine rings is 1. The fourth-order valence-corrected chi connectivity index (χ4v) is 1.04. The molecule has 0 radical (unpaired) electrons. The predicted octanol–water partition coefficient (Wildman–Crippen LogP) is 1.48. The van der Waals surface area contributed by atoms with E-state index in [-0.39, 0.29) is 5.56 Å². The summed E-state index contributed by atoms with van der Waals surface area (Å²) in [6.45, 7) is 0. The highest BCUT2D eigenvalue weighted by molar-refractivity contribution is 5.70. The number of hydrogen-bond acceptors (Lipinski definition) is 4. The van der Waals surface area contributed by atoms with Crippen molar-refractivity contribution in [2.24, 2.45) is 0 Å². The second-order valence-corrected chi connectivity index (χ2v) is 2.93. The lowest BCUT2D eigenvalue weighted by atomic mass is 10.1. The summed E-state index contributed by atoms with van der Waals surface area (Å²) in [6, 6.07) is 2.44. The van der Waals surface area contributed by atoms with Gasteiger partial charge in [-0.1, -0.05) is 0 Å². The number of carbonyl (C=O) groups is 1. The topological polar surface area (TPSA) is 83.2 Å². The van der Waals surface area contributed by atoms with Gasteiger partial charge in [-0.2, -0.15) is 5.26 Å². The molecule has 8 heteroatoms. The molecule has 1 N–H and O–H groups in total. The molecular weight excluding hydrogens is 241 g/mol. The fraction of sp³-hybridized carbons (Fsp3) is 0.222. The van der Waals surface area contributed by atoms with E-state index >= 15 is 0 Å². The van der Waals surface area contributed by atoms with E-state index in [0.29, 0.717) is 0 Å². The molecule has 17 heavy (non-hydrogen) atoms. The minimum absolute atomic E-state index is 0.114. The van der Waals surface area contributed by atoms with Crippen LogP contribution in [0, 0.1) is 11.3 Å². The maximum absolute atomic E-state index is 11.9. The average molecular weight is 246 g/mol. The molecule has 0 fully saturated rings. The summed E-state index contributed by atoms with van der Waals surface area (Å²) in [4.78, 5) is 13.6. The first-order valence-corrected chi connectivity index (χ1v) is 4.18. The van der Waals surface area contributed by atoms with Crippen LogP contribution in [-0.4, -0.2) is 22.4 Å². The van der Waals surface area contributed by atoms with Crippen molar-refractivity contribution in [3.63, 3.8) is 0 Å². The highest BCUT2D eigenvalue weighted by atomic mass is 19.4. The van der Waals surface area contributed by atoms with E-state index in [4.69, 9.17) is 10.4 Å². The molecule has 1 heterocycles. The van der Waals surface area contributed by atoms with E-state index in [1.165, 1.54) is 6.07 Å². The van der Waals surface area contributed by atoms with Crippen molar-refractivity contribution in [2.45, 2.75) is 12.8 Å². The largest absolute Gasteiger partial charge is 0.574 e. The number of rotatable bonds is 3. The Morgan fingerprint density at radius 1 is 1.59 bits per heavy atom. The molecule has 0 saturated carbocycles. The van der Waals surface area contributed by atoms with Gasteiger partial charge in [0.2, 0.25) is 5.88 Å². The van der Waals surface area contributed by atoms with E-state index < -0.39 is 30.2 Å². The first-order chi connectivity index (χ1) is 7.81. The standard InChI is InChI=1S/C9H5F3N2O3/c10-9(11,12)17-8-6(3-13)1-5(4-14-8)2-7(15)16/h1,4H,2H2,(H,15,16). The molecular formula is C9H5F3N2O3. The van der Waals surface area contributed by atoms with E-state index in [1.54, 1.807) is 0 Å².